The first-order valence-corrected chi connectivity index (χ1v) is 7.72. The van der Waals surface area contributed by atoms with Gasteiger partial charge in [-0.1, -0.05) is 6.07 Å². The van der Waals surface area contributed by atoms with Gasteiger partial charge in [0.05, 0.1) is 12.7 Å². The number of rotatable bonds is 1. The molecule has 2 saturated heterocycles. The van der Waals surface area contributed by atoms with E-state index in [-0.39, 0.29) is 17.9 Å². The first-order valence-electron chi connectivity index (χ1n) is 7.72. The Kier molecular flexibility index (Phi) is 4.38. The van der Waals surface area contributed by atoms with E-state index in [2.05, 4.69) is 4.98 Å². The minimum Gasteiger partial charge on any atom is -0.374 e. The van der Waals surface area contributed by atoms with Crippen molar-refractivity contribution in [1.82, 2.24) is 14.8 Å². The number of carbonyl (C=O) groups excluding carboxylic acids is 2. The van der Waals surface area contributed by atoms with Gasteiger partial charge in [-0.15, -0.1) is 0 Å². The van der Waals surface area contributed by atoms with Crippen LogP contribution in [0.4, 0.5) is 0 Å². The minimum absolute atomic E-state index is 0.00534. The van der Waals surface area contributed by atoms with Crippen LogP contribution in [-0.4, -0.2) is 65.5 Å². The van der Waals surface area contributed by atoms with Crippen LogP contribution in [0.1, 0.15) is 23.8 Å². The molecule has 6 heteroatoms. The summed E-state index contributed by atoms with van der Waals surface area (Å²) in [5, 5.41) is 0. The summed E-state index contributed by atoms with van der Waals surface area (Å²) in [5.41, 5.74) is 0.472. The molecule has 3 rings (SSSR count). The Bertz CT molecular complexity index is 549. The summed E-state index contributed by atoms with van der Waals surface area (Å²) in [5.74, 6) is 0.353. The quantitative estimate of drug-likeness (QED) is 0.769. The summed E-state index contributed by atoms with van der Waals surface area (Å²) in [6.45, 7) is 4.76. The number of piperidine rings is 1. The van der Waals surface area contributed by atoms with Gasteiger partial charge in [0, 0.05) is 45.2 Å². The lowest BCUT2D eigenvalue weighted by atomic mass is 9.93. The molecule has 1 aromatic heterocycles. The van der Waals surface area contributed by atoms with E-state index >= 15 is 0 Å². The molecular formula is C16H21N3O3. The summed E-state index contributed by atoms with van der Waals surface area (Å²) < 4.78 is 5.90. The van der Waals surface area contributed by atoms with Crippen molar-refractivity contribution >= 4 is 11.8 Å². The Morgan fingerprint density at radius 1 is 1.23 bits per heavy atom. The Balaban J connectivity index is 1.67. The van der Waals surface area contributed by atoms with Crippen LogP contribution in [0.2, 0.25) is 0 Å². The minimum atomic E-state index is -0.0460. The van der Waals surface area contributed by atoms with Crippen LogP contribution in [0.25, 0.3) is 0 Å². The third kappa shape index (κ3) is 3.11. The van der Waals surface area contributed by atoms with E-state index in [4.69, 9.17) is 4.74 Å². The topological polar surface area (TPSA) is 62.7 Å². The summed E-state index contributed by atoms with van der Waals surface area (Å²) in [6, 6.07) is 5.35. The van der Waals surface area contributed by atoms with Gasteiger partial charge in [0.15, 0.2) is 0 Å². The normalized spacial score (nSPS) is 25.3. The van der Waals surface area contributed by atoms with Crippen molar-refractivity contribution in [2.75, 3.05) is 32.8 Å². The van der Waals surface area contributed by atoms with Crippen LogP contribution in [-0.2, 0) is 9.53 Å². The fourth-order valence-corrected chi connectivity index (χ4v) is 3.17. The maximum Gasteiger partial charge on any atom is 0.272 e. The molecule has 0 spiro atoms. The molecular weight excluding hydrogens is 282 g/mol. The van der Waals surface area contributed by atoms with Gasteiger partial charge >= 0.3 is 0 Å². The Morgan fingerprint density at radius 3 is 2.82 bits per heavy atom. The standard InChI is InChI=1S/C16H21N3O3/c1-12(20)18-8-9-22-15-11-19(7-5-13(15)10-18)16(21)14-4-2-3-6-17-14/h2-4,6,13,15H,5,7-11H2,1H3/t13-,15-/m0/s1. The first kappa shape index (κ1) is 15.0. The second-order valence-electron chi connectivity index (χ2n) is 5.89. The van der Waals surface area contributed by atoms with Gasteiger partial charge in [0.25, 0.3) is 5.91 Å². The lowest BCUT2D eigenvalue weighted by Gasteiger charge is -2.37. The maximum absolute atomic E-state index is 12.5. The van der Waals surface area contributed by atoms with Gasteiger partial charge in [-0.05, 0) is 18.6 Å². The van der Waals surface area contributed by atoms with Crippen molar-refractivity contribution in [3.8, 4) is 0 Å². The van der Waals surface area contributed by atoms with E-state index < -0.39 is 0 Å². The average Bonchev–Trinajstić information content (AvgIpc) is 2.76. The molecule has 1 aromatic rings. The third-order valence-corrected chi connectivity index (χ3v) is 4.46. The number of likely N-dealkylation sites (tertiary alicyclic amines) is 1. The second kappa shape index (κ2) is 6.44. The summed E-state index contributed by atoms with van der Waals surface area (Å²) in [4.78, 5) is 31.8. The number of carbonyl (C=O) groups is 2. The number of amides is 2. The molecule has 118 valence electrons. The van der Waals surface area contributed by atoms with E-state index in [9.17, 15) is 9.59 Å². The van der Waals surface area contributed by atoms with Crippen molar-refractivity contribution in [1.29, 1.82) is 0 Å². The molecule has 0 aromatic carbocycles. The highest BCUT2D eigenvalue weighted by Gasteiger charge is 2.35. The number of hydrogen-bond donors (Lipinski definition) is 0. The highest BCUT2D eigenvalue weighted by molar-refractivity contribution is 5.92. The lowest BCUT2D eigenvalue weighted by molar-refractivity contribution is -0.129. The molecule has 3 heterocycles. The Labute approximate surface area is 130 Å². The van der Waals surface area contributed by atoms with Crippen LogP contribution < -0.4 is 0 Å². The number of pyridine rings is 1. The maximum atomic E-state index is 12.5. The fourth-order valence-electron chi connectivity index (χ4n) is 3.17. The fraction of sp³-hybridized carbons (Fsp3) is 0.562. The van der Waals surface area contributed by atoms with Crippen molar-refractivity contribution in [2.24, 2.45) is 5.92 Å². The van der Waals surface area contributed by atoms with Crippen LogP contribution in [0.3, 0.4) is 0 Å². The molecule has 0 radical (unpaired) electrons. The van der Waals surface area contributed by atoms with Crippen LogP contribution in [0, 0.1) is 5.92 Å². The van der Waals surface area contributed by atoms with Gasteiger partial charge in [-0.2, -0.15) is 0 Å². The largest absolute Gasteiger partial charge is 0.374 e. The second-order valence-corrected chi connectivity index (χ2v) is 5.89. The van der Waals surface area contributed by atoms with Crippen molar-refractivity contribution < 1.29 is 14.3 Å². The molecule has 2 amide bonds. The predicted octanol–water partition coefficient (Wildman–Crippen LogP) is 0.791. The van der Waals surface area contributed by atoms with Crippen LogP contribution in [0.5, 0.6) is 0 Å². The molecule has 2 fully saturated rings. The van der Waals surface area contributed by atoms with E-state index in [1.165, 1.54) is 0 Å². The van der Waals surface area contributed by atoms with E-state index in [0.29, 0.717) is 37.9 Å². The number of hydrogen-bond acceptors (Lipinski definition) is 4. The molecule has 2 aliphatic rings. The number of nitrogens with zero attached hydrogens (tertiary/aromatic N) is 3. The monoisotopic (exact) mass is 303 g/mol. The van der Waals surface area contributed by atoms with Gasteiger partial charge in [-0.3, -0.25) is 14.6 Å². The molecule has 2 aliphatic heterocycles. The number of fused-ring (bicyclic) bond motifs is 1. The molecule has 0 unspecified atom stereocenters. The summed E-state index contributed by atoms with van der Waals surface area (Å²) >= 11 is 0. The predicted molar refractivity (Wildman–Crippen MR) is 80.2 cm³/mol. The van der Waals surface area contributed by atoms with Gasteiger partial charge in [-0.25, -0.2) is 0 Å². The van der Waals surface area contributed by atoms with Gasteiger partial charge < -0.3 is 14.5 Å². The average molecular weight is 303 g/mol. The molecule has 22 heavy (non-hydrogen) atoms. The van der Waals surface area contributed by atoms with Crippen molar-refractivity contribution in [2.45, 2.75) is 19.4 Å². The molecule has 0 saturated carbocycles. The Morgan fingerprint density at radius 2 is 2.09 bits per heavy atom. The third-order valence-electron chi connectivity index (χ3n) is 4.46. The number of aromatic nitrogens is 1. The zero-order valence-electron chi connectivity index (χ0n) is 12.8. The molecule has 0 aliphatic carbocycles. The van der Waals surface area contributed by atoms with Gasteiger partial charge in [0.1, 0.15) is 5.69 Å². The highest BCUT2D eigenvalue weighted by Crippen LogP contribution is 2.25. The summed E-state index contributed by atoms with van der Waals surface area (Å²) in [6.07, 6.45) is 2.49. The van der Waals surface area contributed by atoms with E-state index in [0.717, 1.165) is 13.0 Å². The smallest absolute Gasteiger partial charge is 0.272 e. The molecule has 0 bridgehead atoms. The highest BCUT2D eigenvalue weighted by atomic mass is 16.5. The van der Waals surface area contributed by atoms with Gasteiger partial charge in [0.2, 0.25) is 5.91 Å². The van der Waals surface area contributed by atoms with Crippen molar-refractivity contribution in [3.63, 3.8) is 0 Å². The summed E-state index contributed by atoms with van der Waals surface area (Å²) in [7, 11) is 0. The van der Waals surface area contributed by atoms with E-state index in [1.54, 1.807) is 25.3 Å². The molecule has 0 N–H and O–H groups in total. The zero-order valence-corrected chi connectivity index (χ0v) is 12.8. The van der Waals surface area contributed by atoms with Crippen molar-refractivity contribution in [3.05, 3.63) is 30.1 Å². The SMILES string of the molecule is CC(=O)N1CCO[C@H]2CN(C(=O)c3ccccn3)CC[C@H]2C1. The lowest BCUT2D eigenvalue weighted by Crippen LogP contribution is -2.49. The molecule has 6 nitrogen and oxygen atoms in total. The Hall–Kier alpha value is -1.95. The first-order chi connectivity index (χ1) is 10.6. The molecule has 2 atom stereocenters. The zero-order chi connectivity index (χ0) is 15.5. The number of ether oxygens (including phenoxy) is 1. The van der Waals surface area contributed by atoms with Crippen LogP contribution >= 0.6 is 0 Å². The van der Waals surface area contributed by atoms with Crippen LogP contribution in [0.15, 0.2) is 24.4 Å². The van der Waals surface area contributed by atoms with E-state index in [1.807, 2.05) is 15.9 Å².